The first-order valence-corrected chi connectivity index (χ1v) is 18.4. The maximum atomic E-state index is 5.20. The van der Waals surface area contributed by atoms with E-state index in [9.17, 15) is 0 Å². The number of anilines is 1. The van der Waals surface area contributed by atoms with E-state index >= 15 is 0 Å². The van der Waals surface area contributed by atoms with Crippen LogP contribution in [-0.4, -0.2) is 36.2 Å². The number of fused-ring (bicyclic) bond motifs is 5. The molecule has 0 atom stereocenters. The van der Waals surface area contributed by atoms with E-state index in [0.29, 0.717) is 0 Å². The van der Waals surface area contributed by atoms with E-state index in [1.807, 2.05) is 12.3 Å². The summed E-state index contributed by atoms with van der Waals surface area (Å²) in [6, 6.07) is 49.8. The number of rotatable bonds is 4. The number of hydrogen-bond donors (Lipinski definition) is 0. The molecule has 0 saturated carbocycles. The highest BCUT2D eigenvalue weighted by Crippen LogP contribution is 2.37. The van der Waals surface area contributed by atoms with Crippen LogP contribution >= 0.6 is 0 Å². The van der Waals surface area contributed by atoms with Crippen molar-refractivity contribution in [3.8, 4) is 5.69 Å². The highest BCUT2D eigenvalue weighted by molar-refractivity contribution is 7.20. The molecule has 0 unspecified atom stereocenters. The monoisotopic (exact) mass is 624 g/mol. The van der Waals surface area contributed by atoms with Gasteiger partial charge in [0.05, 0.1) is 17.7 Å². The summed E-state index contributed by atoms with van der Waals surface area (Å²) in [6.45, 7) is 5.60. The fraction of sp³-hybridized carbons (Fsp3) is 0.119. The minimum absolute atomic E-state index is 0.129. The predicted octanol–water partition coefficient (Wildman–Crippen LogP) is 6.38. The maximum Gasteiger partial charge on any atom is 0.202 e. The van der Waals surface area contributed by atoms with Crippen molar-refractivity contribution in [1.29, 1.82) is 0 Å². The van der Waals surface area contributed by atoms with Gasteiger partial charge in [-0.05, 0) is 69.2 Å². The van der Waals surface area contributed by atoms with Crippen LogP contribution in [0.3, 0.4) is 0 Å². The van der Waals surface area contributed by atoms with Crippen LogP contribution in [-0.2, 0) is 5.41 Å². The van der Waals surface area contributed by atoms with Crippen molar-refractivity contribution < 1.29 is 0 Å². The second-order valence-corrected chi connectivity index (χ2v) is 17.1. The third-order valence-corrected chi connectivity index (χ3v) is 15.2. The number of benzene rings is 5. The third-order valence-electron chi connectivity index (χ3n) is 10.5. The molecule has 4 heterocycles. The number of hydrogen-bond acceptors (Lipinski definition) is 3. The Morgan fingerprint density at radius 3 is 2.02 bits per heavy atom. The van der Waals surface area contributed by atoms with Gasteiger partial charge in [-0.15, -0.1) is 0 Å². The molecule has 0 N–H and O–H groups in total. The summed E-state index contributed by atoms with van der Waals surface area (Å²) in [5, 5.41) is 7.90. The largest absolute Gasteiger partial charge is 0.361 e. The van der Waals surface area contributed by atoms with Gasteiger partial charge in [0.2, 0.25) is 8.07 Å². The molecule has 2 aliphatic rings. The van der Waals surface area contributed by atoms with E-state index in [1.54, 1.807) is 0 Å². The standard InChI is InChI=1S/C42H36N4Si/c1-42(2)35-16-5-8-19-39(35)47(41-21-10-11-24-43-41,40-20-9-6-17-36(40)42)32-22-23-34-33-15-4-7-18-37(33)46(38(34)28-32)31-14-12-13-30(27-31)45-26-25-44(3)29-45/h4-28H,29H2,1-3H3. The van der Waals surface area contributed by atoms with Gasteiger partial charge in [0.15, 0.2) is 0 Å². The summed E-state index contributed by atoms with van der Waals surface area (Å²) in [5.74, 6) is 0. The van der Waals surface area contributed by atoms with Crippen molar-refractivity contribution in [2.24, 2.45) is 0 Å². The molecule has 0 aliphatic carbocycles. The van der Waals surface area contributed by atoms with Gasteiger partial charge in [0.1, 0.15) is 0 Å². The van der Waals surface area contributed by atoms with Crippen LogP contribution in [0, 0.1) is 0 Å². The van der Waals surface area contributed by atoms with Gasteiger partial charge in [0, 0.05) is 58.5 Å². The number of nitrogens with zero attached hydrogens (tertiary/aromatic N) is 4. The van der Waals surface area contributed by atoms with Crippen molar-refractivity contribution in [3.05, 3.63) is 163 Å². The zero-order valence-electron chi connectivity index (χ0n) is 26.9. The molecule has 9 rings (SSSR count). The van der Waals surface area contributed by atoms with Crippen LogP contribution in [0.15, 0.2) is 152 Å². The smallest absolute Gasteiger partial charge is 0.202 e. The lowest BCUT2D eigenvalue weighted by Crippen LogP contribution is -2.79. The second-order valence-electron chi connectivity index (χ2n) is 13.5. The van der Waals surface area contributed by atoms with Gasteiger partial charge in [0.25, 0.3) is 0 Å². The Morgan fingerprint density at radius 2 is 1.30 bits per heavy atom. The Morgan fingerprint density at radius 1 is 0.617 bits per heavy atom. The Labute approximate surface area is 276 Å². The van der Waals surface area contributed by atoms with Crippen molar-refractivity contribution in [2.75, 3.05) is 18.6 Å². The fourth-order valence-corrected chi connectivity index (χ4v) is 13.7. The lowest BCUT2D eigenvalue weighted by Gasteiger charge is -2.45. The summed E-state index contributed by atoms with van der Waals surface area (Å²) >= 11 is 0. The zero-order valence-corrected chi connectivity index (χ0v) is 27.9. The molecule has 0 fully saturated rings. The molecular formula is C42H36N4Si. The van der Waals surface area contributed by atoms with Gasteiger partial charge in [-0.25, -0.2) is 0 Å². The molecule has 5 heteroatoms. The van der Waals surface area contributed by atoms with E-state index in [0.717, 1.165) is 12.4 Å². The minimum atomic E-state index is -2.84. The SMILES string of the molecule is CN1C=CN(c2cccc(-n3c4ccccc4c4ccc([Si]5(c6ccccn6)c6ccccc6C(C)(C)c6ccccc65)cc43)c2)C1. The molecule has 2 aromatic heterocycles. The molecule has 0 bridgehead atoms. The average molecular weight is 625 g/mol. The highest BCUT2D eigenvalue weighted by Gasteiger charge is 2.52. The lowest BCUT2D eigenvalue weighted by molar-refractivity contribution is 0.496. The van der Waals surface area contributed by atoms with Gasteiger partial charge in [-0.2, -0.15) is 0 Å². The first-order chi connectivity index (χ1) is 23.0. The number of pyridine rings is 1. The molecule has 2 aliphatic heterocycles. The first-order valence-electron chi connectivity index (χ1n) is 16.4. The lowest BCUT2D eigenvalue weighted by atomic mass is 9.77. The Kier molecular flexibility index (Phi) is 6.12. The zero-order chi connectivity index (χ0) is 31.8. The van der Waals surface area contributed by atoms with Crippen LogP contribution in [0.25, 0.3) is 27.5 Å². The van der Waals surface area contributed by atoms with Crippen molar-refractivity contribution >= 4 is 56.4 Å². The summed E-state index contributed by atoms with van der Waals surface area (Å²) in [7, 11) is -0.732. The quantitative estimate of drug-likeness (QED) is 0.213. The average Bonchev–Trinajstić information content (AvgIpc) is 3.70. The van der Waals surface area contributed by atoms with E-state index in [2.05, 4.69) is 175 Å². The topological polar surface area (TPSA) is 24.3 Å². The number of aromatic nitrogens is 2. The van der Waals surface area contributed by atoms with E-state index in [-0.39, 0.29) is 5.41 Å². The number of para-hydroxylation sites is 1. The summed E-state index contributed by atoms with van der Waals surface area (Å²) in [6.07, 6.45) is 6.26. The van der Waals surface area contributed by atoms with Crippen molar-refractivity contribution in [3.63, 3.8) is 0 Å². The molecule has 4 nitrogen and oxygen atoms in total. The van der Waals surface area contributed by atoms with Crippen LogP contribution in [0.5, 0.6) is 0 Å². The predicted molar refractivity (Wildman–Crippen MR) is 199 cm³/mol. The Bertz CT molecular complexity index is 2300. The van der Waals surface area contributed by atoms with Crippen molar-refractivity contribution in [2.45, 2.75) is 19.3 Å². The molecule has 0 spiro atoms. The van der Waals surface area contributed by atoms with Gasteiger partial charge < -0.3 is 14.4 Å². The summed E-state index contributed by atoms with van der Waals surface area (Å²) < 4.78 is 2.46. The normalized spacial score (nSPS) is 16.1. The van der Waals surface area contributed by atoms with Crippen LogP contribution in [0.1, 0.15) is 25.0 Å². The van der Waals surface area contributed by atoms with E-state index < -0.39 is 8.07 Å². The maximum absolute atomic E-state index is 5.20. The Hall–Kier alpha value is -5.39. The van der Waals surface area contributed by atoms with Crippen LogP contribution < -0.4 is 25.8 Å². The van der Waals surface area contributed by atoms with Crippen LogP contribution in [0.4, 0.5) is 5.69 Å². The van der Waals surface area contributed by atoms with Crippen molar-refractivity contribution in [1.82, 2.24) is 14.5 Å². The molecule has 5 aromatic carbocycles. The third kappa shape index (κ3) is 3.96. The summed E-state index contributed by atoms with van der Waals surface area (Å²) in [4.78, 5) is 9.69. The Balaban J connectivity index is 1.38. The minimum Gasteiger partial charge on any atom is -0.361 e. The molecule has 0 radical (unpaired) electrons. The second kappa shape index (κ2) is 10.3. The van der Waals surface area contributed by atoms with E-state index in [1.165, 1.54) is 59.5 Å². The molecule has 0 amide bonds. The van der Waals surface area contributed by atoms with Gasteiger partial charge in [-0.3, -0.25) is 4.98 Å². The van der Waals surface area contributed by atoms with Crippen LogP contribution in [0.2, 0.25) is 0 Å². The van der Waals surface area contributed by atoms with E-state index in [4.69, 9.17) is 4.98 Å². The molecule has 47 heavy (non-hydrogen) atoms. The summed E-state index contributed by atoms with van der Waals surface area (Å²) in [5.41, 5.74) is 7.44. The molecular weight excluding hydrogens is 589 g/mol. The molecule has 228 valence electrons. The molecule has 7 aromatic rings. The van der Waals surface area contributed by atoms with Gasteiger partial charge in [-0.1, -0.05) is 105 Å². The highest BCUT2D eigenvalue weighted by atomic mass is 28.3. The first kappa shape index (κ1) is 27.9. The van der Waals surface area contributed by atoms with Gasteiger partial charge >= 0.3 is 0 Å². The fourth-order valence-electron chi connectivity index (χ4n) is 8.31. The molecule has 0 saturated heterocycles.